The molecule has 2 heteroatoms. The third kappa shape index (κ3) is 3.31. The van der Waals surface area contributed by atoms with Crippen LogP contribution in [0.15, 0.2) is 24.3 Å². The maximum absolute atomic E-state index is 13.4. The van der Waals surface area contributed by atoms with Crippen LogP contribution in [0.2, 0.25) is 0 Å². The van der Waals surface area contributed by atoms with Crippen molar-refractivity contribution in [2.75, 3.05) is 0 Å². The van der Waals surface area contributed by atoms with Gasteiger partial charge in [-0.15, -0.1) is 0 Å². The van der Waals surface area contributed by atoms with Crippen molar-refractivity contribution < 1.29 is 9.50 Å². The number of rotatable bonds is 3. The number of aliphatic hydroxyl groups excluding tert-OH is 1. The Bertz CT molecular complexity index is 341. The van der Waals surface area contributed by atoms with Gasteiger partial charge >= 0.3 is 0 Å². The second kappa shape index (κ2) is 4.96. The molecule has 16 heavy (non-hydrogen) atoms. The molecule has 0 aliphatic rings. The Labute approximate surface area is 97.3 Å². The van der Waals surface area contributed by atoms with Crippen molar-refractivity contribution in [3.63, 3.8) is 0 Å². The van der Waals surface area contributed by atoms with Gasteiger partial charge in [0.05, 0.1) is 6.10 Å². The van der Waals surface area contributed by atoms with E-state index in [1.54, 1.807) is 18.2 Å². The molecule has 1 aromatic rings. The summed E-state index contributed by atoms with van der Waals surface area (Å²) in [6.45, 7) is 8.48. The standard InChI is InChI=1S/C14H21FO/c1-10(14(2,3)4)9-13(16)11-7-5-6-8-12(11)15/h5-8,10,13,16H,9H2,1-4H3. The molecule has 90 valence electrons. The first-order chi connectivity index (χ1) is 7.32. The third-order valence-corrected chi connectivity index (χ3v) is 3.32. The van der Waals surface area contributed by atoms with E-state index in [-0.39, 0.29) is 11.2 Å². The van der Waals surface area contributed by atoms with Crippen molar-refractivity contribution in [2.24, 2.45) is 11.3 Å². The third-order valence-electron chi connectivity index (χ3n) is 3.32. The van der Waals surface area contributed by atoms with Crippen LogP contribution in [-0.4, -0.2) is 5.11 Å². The highest BCUT2D eigenvalue weighted by Gasteiger charge is 2.24. The van der Waals surface area contributed by atoms with E-state index in [1.807, 2.05) is 0 Å². The molecule has 0 bridgehead atoms. The van der Waals surface area contributed by atoms with Gasteiger partial charge in [-0.2, -0.15) is 0 Å². The van der Waals surface area contributed by atoms with Gasteiger partial charge in [-0.05, 0) is 23.8 Å². The van der Waals surface area contributed by atoms with E-state index >= 15 is 0 Å². The minimum absolute atomic E-state index is 0.131. The molecule has 1 aromatic carbocycles. The Morgan fingerprint density at radius 3 is 2.31 bits per heavy atom. The Balaban J connectivity index is 2.73. The van der Waals surface area contributed by atoms with Crippen LogP contribution in [0.3, 0.4) is 0 Å². The van der Waals surface area contributed by atoms with Gasteiger partial charge in [0, 0.05) is 5.56 Å². The van der Waals surface area contributed by atoms with Crippen molar-refractivity contribution in [1.29, 1.82) is 0 Å². The number of hydrogen-bond acceptors (Lipinski definition) is 1. The van der Waals surface area contributed by atoms with E-state index in [9.17, 15) is 9.50 Å². The van der Waals surface area contributed by atoms with Gasteiger partial charge in [0.1, 0.15) is 5.82 Å². The molecular weight excluding hydrogens is 203 g/mol. The molecule has 1 N–H and O–H groups in total. The molecule has 0 saturated heterocycles. The molecule has 0 aromatic heterocycles. The normalized spacial score (nSPS) is 15.9. The Morgan fingerprint density at radius 1 is 1.25 bits per heavy atom. The monoisotopic (exact) mass is 224 g/mol. The molecule has 0 heterocycles. The molecule has 2 unspecified atom stereocenters. The fraction of sp³-hybridized carbons (Fsp3) is 0.571. The van der Waals surface area contributed by atoms with Crippen molar-refractivity contribution in [3.8, 4) is 0 Å². The minimum Gasteiger partial charge on any atom is -0.388 e. The van der Waals surface area contributed by atoms with Crippen molar-refractivity contribution in [3.05, 3.63) is 35.6 Å². The lowest BCUT2D eigenvalue weighted by Crippen LogP contribution is -2.20. The maximum Gasteiger partial charge on any atom is 0.128 e. The minimum atomic E-state index is -0.713. The van der Waals surface area contributed by atoms with Crippen LogP contribution in [0.1, 0.15) is 45.8 Å². The fourth-order valence-electron chi connectivity index (χ4n) is 1.56. The molecule has 0 amide bonds. The van der Waals surface area contributed by atoms with Gasteiger partial charge in [-0.25, -0.2) is 4.39 Å². The van der Waals surface area contributed by atoms with Crippen LogP contribution < -0.4 is 0 Å². The lowest BCUT2D eigenvalue weighted by Gasteiger charge is -2.29. The second-order valence-corrected chi connectivity index (χ2v) is 5.54. The van der Waals surface area contributed by atoms with Crippen molar-refractivity contribution in [2.45, 2.75) is 40.2 Å². The molecular formula is C14H21FO. The van der Waals surface area contributed by atoms with Gasteiger partial charge in [0.25, 0.3) is 0 Å². The molecule has 0 saturated carbocycles. The van der Waals surface area contributed by atoms with Crippen LogP contribution in [0.25, 0.3) is 0 Å². The topological polar surface area (TPSA) is 20.2 Å². The summed E-state index contributed by atoms with van der Waals surface area (Å²) in [5.41, 5.74) is 0.533. The summed E-state index contributed by atoms with van der Waals surface area (Å²) in [6.07, 6.45) is -0.125. The highest BCUT2D eigenvalue weighted by Crippen LogP contribution is 2.33. The number of benzene rings is 1. The van der Waals surface area contributed by atoms with Gasteiger partial charge in [0.15, 0.2) is 0 Å². The van der Waals surface area contributed by atoms with E-state index in [0.717, 1.165) is 0 Å². The van der Waals surface area contributed by atoms with Gasteiger partial charge < -0.3 is 5.11 Å². The smallest absolute Gasteiger partial charge is 0.128 e. The summed E-state index contributed by atoms with van der Waals surface area (Å²) in [5, 5.41) is 10.00. The highest BCUT2D eigenvalue weighted by molar-refractivity contribution is 5.19. The first kappa shape index (κ1) is 13.2. The van der Waals surface area contributed by atoms with Crippen LogP contribution >= 0.6 is 0 Å². The molecule has 0 spiro atoms. The summed E-state index contributed by atoms with van der Waals surface area (Å²) in [5.74, 6) is 0.0122. The van der Waals surface area contributed by atoms with Crippen LogP contribution in [0.5, 0.6) is 0 Å². The zero-order valence-electron chi connectivity index (χ0n) is 10.5. The SMILES string of the molecule is CC(CC(O)c1ccccc1F)C(C)(C)C. The van der Waals surface area contributed by atoms with E-state index in [0.29, 0.717) is 17.9 Å². The van der Waals surface area contributed by atoms with E-state index in [1.165, 1.54) is 6.07 Å². The summed E-state index contributed by atoms with van der Waals surface area (Å²) in [4.78, 5) is 0. The average molecular weight is 224 g/mol. The highest BCUT2D eigenvalue weighted by atomic mass is 19.1. The van der Waals surface area contributed by atoms with Crippen LogP contribution in [0.4, 0.5) is 4.39 Å². The summed E-state index contributed by atoms with van der Waals surface area (Å²) in [7, 11) is 0. The number of halogens is 1. The van der Waals surface area contributed by atoms with E-state index < -0.39 is 6.10 Å². The zero-order valence-corrected chi connectivity index (χ0v) is 10.5. The van der Waals surface area contributed by atoms with E-state index in [2.05, 4.69) is 27.7 Å². The zero-order chi connectivity index (χ0) is 12.3. The average Bonchev–Trinajstić information content (AvgIpc) is 2.16. The Hall–Kier alpha value is -0.890. The summed E-state index contributed by atoms with van der Waals surface area (Å²) < 4.78 is 13.4. The van der Waals surface area contributed by atoms with Gasteiger partial charge in [0.2, 0.25) is 0 Å². The fourth-order valence-corrected chi connectivity index (χ4v) is 1.56. The molecule has 0 aliphatic carbocycles. The number of hydrogen-bond donors (Lipinski definition) is 1. The van der Waals surface area contributed by atoms with Crippen molar-refractivity contribution in [1.82, 2.24) is 0 Å². The molecule has 0 aliphatic heterocycles. The largest absolute Gasteiger partial charge is 0.388 e. The Kier molecular flexibility index (Phi) is 4.09. The van der Waals surface area contributed by atoms with Crippen LogP contribution in [0, 0.1) is 17.2 Å². The summed E-state index contributed by atoms with van der Waals surface area (Å²) >= 11 is 0. The second-order valence-electron chi connectivity index (χ2n) is 5.54. The lowest BCUT2D eigenvalue weighted by molar-refractivity contribution is 0.108. The predicted molar refractivity (Wildman–Crippen MR) is 64.6 cm³/mol. The van der Waals surface area contributed by atoms with Gasteiger partial charge in [-0.3, -0.25) is 0 Å². The molecule has 1 rings (SSSR count). The van der Waals surface area contributed by atoms with E-state index in [4.69, 9.17) is 0 Å². The van der Waals surface area contributed by atoms with Gasteiger partial charge in [-0.1, -0.05) is 45.9 Å². The molecule has 1 nitrogen and oxygen atoms in total. The molecule has 0 fully saturated rings. The summed E-state index contributed by atoms with van der Waals surface area (Å²) in [6, 6.07) is 6.43. The maximum atomic E-state index is 13.4. The van der Waals surface area contributed by atoms with Crippen molar-refractivity contribution >= 4 is 0 Å². The van der Waals surface area contributed by atoms with Crippen LogP contribution in [-0.2, 0) is 0 Å². The quantitative estimate of drug-likeness (QED) is 0.824. The predicted octanol–water partition coefficient (Wildman–Crippen LogP) is 3.93. The first-order valence-corrected chi connectivity index (χ1v) is 5.75. The Morgan fingerprint density at radius 2 is 1.81 bits per heavy atom. The first-order valence-electron chi connectivity index (χ1n) is 5.75. The molecule has 0 radical (unpaired) electrons. The number of aliphatic hydroxyl groups is 1. The molecule has 2 atom stereocenters. The lowest BCUT2D eigenvalue weighted by atomic mass is 9.78.